The minimum absolute atomic E-state index is 0.259. The molecule has 8 heteroatoms. The summed E-state index contributed by atoms with van der Waals surface area (Å²) in [6.07, 6.45) is 5.92. The number of ether oxygens (including phenoxy) is 1. The van der Waals surface area contributed by atoms with E-state index in [1.165, 1.54) is 6.07 Å². The van der Waals surface area contributed by atoms with Gasteiger partial charge in [0, 0.05) is 53.8 Å². The highest BCUT2D eigenvalue weighted by Gasteiger charge is 2.20. The molecule has 0 saturated carbocycles. The molecule has 0 fully saturated rings. The predicted octanol–water partition coefficient (Wildman–Crippen LogP) is 3.66. The summed E-state index contributed by atoms with van der Waals surface area (Å²) in [7, 11) is 0. The average molecular weight is 400 g/mol. The zero-order valence-corrected chi connectivity index (χ0v) is 16.2. The van der Waals surface area contributed by atoms with Crippen molar-refractivity contribution in [2.75, 3.05) is 11.9 Å². The number of anilines is 1. The SMILES string of the molecule is Cc1cn2c(NCc3c(F)ccc4c3CCO4)ncc(-c3ccc(C#N)nc3)c2n1. The molecule has 0 bridgehead atoms. The molecule has 1 N–H and O–H groups in total. The number of hydrogen-bond acceptors (Lipinski definition) is 6. The molecule has 1 aromatic carbocycles. The quantitative estimate of drug-likeness (QED) is 0.563. The van der Waals surface area contributed by atoms with E-state index in [0.29, 0.717) is 35.9 Å². The fourth-order valence-corrected chi connectivity index (χ4v) is 3.72. The van der Waals surface area contributed by atoms with Crippen molar-refractivity contribution in [3.8, 4) is 22.9 Å². The second-order valence-electron chi connectivity index (χ2n) is 7.07. The first-order valence-corrected chi connectivity index (χ1v) is 9.52. The maximum atomic E-state index is 14.4. The van der Waals surface area contributed by atoms with E-state index in [2.05, 4.69) is 20.3 Å². The molecule has 148 valence electrons. The van der Waals surface area contributed by atoms with Gasteiger partial charge in [-0.15, -0.1) is 0 Å². The van der Waals surface area contributed by atoms with Crippen molar-refractivity contribution < 1.29 is 9.13 Å². The molecule has 0 atom stereocenters. The lowest BCUT2D eigenvalue weighted by Gasteiger charge is -2.13. The highest BCUT2D eigenvalue weighted by atomic mass is 19.1. The van der Waals surface area contributed by atoms with Crippen molar-refractivity contribution >= 4 is 11.6 Å². The normalized spacial score (nSPS) is 12.4. The van der Waals surface area contributed by atoms with Gasteiger partial charge in [0.15, 0.2) is 0 Å². The molecule has 4 aromatic rings. The minimum atomic E-state index is -0.259. The zero-order chi connectivity index (χ0) is 20.7. The van der Waals surface area contributed by atoms with Gasteiger partial charge in [0.1, 0.15) is 29.0 Å². The molecule has 0 aliphatic carbocycles. The number of fused-ring (bicyclic) bond motifs is 2. The van der Waals surface area contributed by atoms with Gasteiger partial charge in [-0.25, -0.2) is 19.3 Å². The van der Waals surface area contributed by atoms with Gasteiger partial charge in [-0.1, -0.05) is 0 Å². The van der Waals surface area contributed by atoms with Crippen LogP contribution in [0.25, 0.3) is 16.8 Å². The van der Waals surface area contributed by atoms with Crippen LogP contribution in [-0.2, 0) is 13.0 Å². The van der Waals surface area contributed by atoms with Crippen LogP contribution in [0.1, 0.15) is 22.5 Å². The van der Waals surface area contributed by atoms with Crippen LogP contribution in [0.5, 0.6) is 5.75 Å². The van der Waals surface area contributed by atoms with Gasteiger partial charge in [0.2, 0.25) is 5.95 Å². The summed E-state index contributed by atoms with van der Waals surface area (Å²) in [4.78, 5) is 13.3. The molecule has 1 aliphatic rings. The number of hydrogen-bond donors (Lipinski definition) is 1. The lowest BCUT2D eigenvalue weighted by molar-refractivity contribution is 0.356. The van der Waals surface area contributed by atoms with Crippen molar-refractivity contribution in [1.29, 1.82) is 5.26 Å². The van der Waals surface area contributed by atoms with Crippen LogP contribution in [0.3, 0.4) is 0 Å². The summed E-state index contributed by atoms with van der Waals surface area (Å²) < 4.78 is 21.8. The summed E-state index contributed by atoms with van der Waals surface area (Å²) in [5, 5.41) is 12.2. The summed E-state index contributed by atoms with van der Waals surface area (Å²) in [5.74, 6) is 1.05. The first kappa shape index (κ1) is 18.1. The number of halogens is 1. The zero-order valence-electron chi connectivity index (χ0n) is 16.2. The monoisotopic (exact) mass is 400 g/mol. The molecule has 30 heavy (non-hydrogen) atoms. The van der Waals surface area contributed by atoms with Gasteiger partial charge in [-0.3, -0.25) is 4.40 Å². The average Bonchev–Trinajstić information content (AvgIpc) is 3.39. The summed E-state index contributed by atoms with van der Waals surface area (Å²) >= 11 is 0. The Bertz CT molecular complexity index is 1310. The molecule has 7 nitrogen and oxygen atoms in total. The van der Waals surface area contributed by atoms with E-state index in [-0.39, 0.29) is 12.4 Å². The fourth-order valence-electron chi connectivity index (χ4n) is 3.72. The third-order valence-corrected chi connectivity index (χ3v) is 5.16. The lowest BCUT2D eigenvalue weighted by atomic mass is 10.0. The molecule has 5 rings (SSSR count). The molecule has 4 heterocycles. The molecule has 1 aliphatic heterocycles. The maximum Gasteiger partial charge on any atom is 0.208 e. The third kappa shape index (κ3) is 3.01. The molecule has 0 spiro atoms. The second-order valence-corrected chi connectivity index (χ2v) is 7.07. The van der Waals surface area contributed by atoms with Crippen LogP contribution in [-0.4, -0.2) is 26.0 Å². The highest BCUT2D eigenvalue weighted by Crippen LogP contribution is 2.31. The number of nitrogens with zero attached hydrogens (tertiary/aromatic N) is 5. The van der Waals surface area contributed by atoms with E-state index >= 15 is 0 Å². The third-order valence-electron chi connectivity index (χ3n) is 5.16. The van der Waals surface area contributed by atoms with E-state index in [1.807, 2.05) is 29.7 Å². The number of pyridine rings is 1. The molecule has 0 amide bonds. The van der Waals surface area contributed by atoms with Crippen molar-refractivity contribution in [3.63, 3.8) is 0 Å². The first-order valence-electron chi connectivity index (χ1n) is 9.52. The Kier molecular flexibility index (Phi) is 4.29. The number of imidazole rings is 1. The van der Waals surface area contributed by atoms with Gasteiger partial charge in [-0.05, 0) is 31.2 Å². The number of benzene rings is 1. The van der Waals surface area contributed by atoms with E-state index < -0.39 is 0 Å². The Labute approximate surface area is 171 Å². The lowest BCUT2D eigenvalue weighted by Crippen LogP contribution is -2.09. The standard InChI is InChI=1S/C22H17FN6O/c1-13-12-29-21(28-13)17(14-2-3-15(8-24)25-9-14)10-26-22(29)27-11-18-16-6-7-30-20(16)5-4-19(18)23/h2-5,9-10,12H,6-7,11H2,1H3,(H,26,27). The van der Waals surface area contributed by atoms with Crippen molar-refractivity contribution in [1.82, 2.24) is 19.4 Å². The number of nitriles is 1. The van der Waals surface area contributed by atoms with E-state index in [0.717, 1.165) is 28.1 Å². The Morgan fingerprint density at radius 1 is 1.23 bits per heavy atom. The molecule has 0 radical (unpaired) electrons. The van der Waals surface area contributed by atoms with Crippen molar-refractivity contribution in [2.45, 2.75) is 19.9 Å². The van der Waals surface area contributed by atoms with Crippen LogP contribution in [0.4, 0.5) is 10.3 Å². The summed E-state index contributed by atoms with van der Waals surface area (Å²) in [6.45, 7) is 2.76. The van der Waals surface area contributed by atoms with Crippen LogP contribution in [0, 0.1) is 24.1 Å². The molecule has 0 unspecified atom stereocenters. The summed E-state index contributed by atoms with van der Waals surface area (Å²) in [5.41, 5.74) is 4.99. The van der Waals surface area contributed by atoms with Crippen LogP contribution in [0.15, 0.2) is 42.9 Å². The van der Waals surface area contributed by atoms with Gasteiger partial charge < -0.3 is 10.1 Å². The van der Waals surface area contributed by atoms with E-state index in [1.54, 1.807) is 24.5 Å². The van der Waals surface area contributed by atoms with Gasteiger partial charge in [0.25, 0.3) is 0 Å². The molecular weight excluding hydrogens is 383 g/mol. The predicted molar refractivity (Wildman–Crippen MR) is 109 cm³/mol. The topological polar surface area (TPSA) is 88.1 Å². The van der Waals surface area contributed by atoms with E-state index in [9.17, 15) is 4.39 Å². The van der Waals surface area contributed by atoms with Crippen molar-refractivity contribution in [2.24, 2.45) is 0 Å². The van der Waals surface area contributed by atoms with Crippen LogP contribution >= 0.6 is 0 Å². The Morgan fingerprint density at radius 2 is 2.13 bits per heavy atom. The van der Waals surface area contributed by atoms with Gasteiger partial charge in [-0.2, -0.15) is 5.26 Å². The minimum Gasteiger partial charge on any atom is -0.493 e. The number of aryl methyl sites for hydroxylation is 1. The fraction of sp³-hybridized carbons (Fsp3) is 0.182. The Balaban J connectivity index is 1.51. The van der Waals surface area contributed by atoms with Crippen molar-refractivity contribution in [3.05, 3.63) is 71.2 Å². The maximum absolute atomic E-state index is 14.4. The van der Waals surface area contributed by atoms with Gasteiger partial charge >= 0.3 is 0 Å². The second kappa shape index (κ2) is 7.12. The van der Waals surface area contributed by atoms with Crippen LogP contribution in [0.2, 0.25) is 0 Å². The number of aromatic nitrogens is 4. The largest absolute Gasteiger partial charge is 0.493 e. The molecule has 3 aromatic heterocycles. The Hall–Kier alpha value is -3.99. The highest BCUT2D eigenvalue weighted by molar-refractivity contribution is 5.77. The number of rotatable bonds is 4. The molecular formula is C22H17FN6O. The van der Waals surface area contributed by atoms with E-state index in [4.69, 9.17) is 10.00 Å². The Morgan fingerprint density at radius 3 is 2.93 bits per heavy atom. The molecule has 0 saturated heterocycles. The first-order chi connectivity index (χ1) is 14.6. The van der Waals surface area contributed by atoms with Crippen LogP contribution < -0.4 is 10.1 Å². The smallest absolute Gasteiger partial charge is 0.208 e. The summed E-state index contributed by atoms with van der Waals surface area (Å²) in [6, 6.07) is 8.61. The number of nitrogens with one attached hydrogen (secondary N) is 1. The van der Waals surface area contributed by atoms with Gasteiger partial charge in [0.05, 0.1) is 12.3 Å².